The topological polar surface area (TPSA) is 68.0 Å². The lowest BCUT2D eigenvalue weighted by atomic mass is 10.1. The van der Waals surface area contributed by atoms with E-state index in [0.717, 1.165) is 12.0 Å². The van der Waals surface area contributed by atoms with Gasteiger partial charge in [0.15, 0.2) is 0 Å². The molecule has 0 saturated carbocycles. The largest absolute Gasteiger partial charge is 0.437 e. The summed E-state index contributed by atoms with van der Waals surface area (Å²) < 4.78 is 10.5. The number of rotatable bonds is 5. The van der Waals surface area contributed by atoms with Crippen LogP contribution in [0.15, 0.2) is 36.7 Å². The Hall–Kier alpha value is -2.45. The molecule has 19 heavy (non-hydrogen) atoms. The summed E-state index contributed by atoms with van der Waals surface area (Å²) in [4.78, 5) is 7.88. The standard InChI is InChI=1S/C14H13N3O2/c1-18-9-6-11-2-4-12(5-3-11)19-14-13(10-15)16-7-8-17-14/h2-5,7-8H,6,9H2,1H3. The molecule has 1 aromatic carbocycles. The molecule has 0 bridgehead atoms. The smallest absolute Gasteiger partial charge is 0.256 e. The molecular formula is C14H13N3O2. The molecule has 0 radical (unpaired) electrons. The van der Waals surface area contributed by atoms with E-state index in [9.17, 15) is 0 Å². The van der Waals surface area contributed by atoms with Crippen LogP contribution in [0.5, 0.6) is 11.6 Å². The highest BCUT2D eigenvalue weighted by atomic mass is 16.5. The molecule has 5 nitrogen and oxygen atoms in total. The van der Waals surface area contributed by atoms with Crippen LogP contribution in [0.2, 0.25) is 0 Å². The Labute approximate surface area is 111 Å². The Kier molecular flexibility index (Phi) is 4.43. The van der Waals surface area contributed by atoms with Crippen LogP contribution in [-0.4, -0.2) is 23.7 Å². The van der Waals surface area contributed by atoms with Crippen LogP contribution in [0, 0.1) is 11.3 Å². The van der Waals surface area contributed by atoms with Crippen molar-refractivity contribution in [2.45, 2.75) is 6.42 Å². The van der Waals surface area contributed by atoms with E-state index < -0.39 is 0 Å². The van der Waals surface area contributed by atoms with Crippen LogP contribution < -0.4 is 4.74 Å². The van der Waals surface area contributed by atoms with Crippen molar-refractivity contribution in [1.82, 2.24) is 9.97 Å². The van der Waals surface area contributed by atoms with Crippen molar-refractivity contribution in [3.63, 3.8) is 0 Å². The van der Waals surface area contributed by atoms with Gasteiger partial charge in [-0.05, 0) is 24.1 Å². The Bertz CT molecular complexity index is 576. The van der Waals surface area contributed by atoms with Crippen molar-refractivity contribution in [3.8, 4) is 17.7 Å². The van der Waals surface area contributed by atoms with Gasteiger partial charge in [-0.2, -0.15) is 5.26 Å². The monoisotopic (exact) mass is 255 g/mol. The van der Waals surface area contributed by atoms with E-state index in [1.54, 1.807) is 7.11 Å². The minimum atomic E-state index is 0.172. The molecule has 1 aromatic heterocycles. The lowest BCUT2D eigenvalue weighted by Crippen LogP contribution is -1.96. The fourth-order valence-electron chi connectivity index (χ4n) is 1.53. The zero-order chi connectivity index (χ0) is 13.5. The average molecular weight is 255 g/mol. The Morgan fingerprint density at radius 1 is 1.16 bits per heavy atom. The van der Waals surface area contributed by atoms with Crippen molar-refractivity contribution in [2.75, 3.05) is 13.7 Å². The number of methoxy groups -OCH3 is 1. The molecule has 0 unspecified atom stereocenters. The van der Waals surface area contributed by atoms with Gasteiger partial charge in [0, 0.05) is 19.5 Å². The van der Waals surface area contributed by atoms with Crippen LogP contribution in [0.3, 0.4) is 0 Å². The molecule has 0 N–H and O–H groups in total. The second-order valence-corrected chi connectivity index (χ2v) is 3.81. The number of aromatic nitrogens is 2. The van der Waals surface area contributed by atoms with E-state index in [0.29, 0.717) is 12.4 Å². The van der Waals surface area contributed by atoms with Crippen LogP contribution in [0.4, 0.5) is 0 Å². The zero-order valence-electron chi connectivity index (χ0n) is 10.5. The first-order valence-corrected chi connectivity index (χ1v) is 5.80. The Morgan fingerprint density at radius 2 is 1.89 bits per heavy atom. The van der Waals surface area contributed by atoms with Crippen LogP contribution >= 0.6 is 0 Å². The minimum Gasteiger partial charge on any atom is -0.437 e. The average Bonchev–Trinajstić information content (AvgIpc) is 2.47. The summed E-state index contributed by atoms with van der Waals surface area (Å²) in [5.41, 5.74) is 1.33. The maximum atomic E-state index is 8.89. The highest BCUT2D eigenvalue weighted by Gasteiger charge is 2.06. The second-order valence-electron chi connectivity index (χ2n) is 3.81. The van der Waals surface area contributed by atoms with E-state index in [1.807, 2.05) is 30.3 Å². The fourth-order valence-corrected chi connectivity index (χ4v) is 1.53. The van der Waals surface area contributed by atoms with Gasteiger partial charge in [-0.15, -0.1) is 0 Å². The highest BCUT2D eigenvalue weighted by molar-refractivity contribution is 5.36. The molecule has 0 amide bonds. The lowest BCUT2D eigenvalue weighted by Gasteiger charge is -2.06. The van der Waals surface area contributed by atoms with E-state index in [1.165, 1.54) is 12.4 Å². The number of nitriles is 1. The number of hydrogen-bond donors (Lipinski definition) is 0. The first-order valence-electron chi connectivity index (χ1n) is 5.80. The van der Waals surface area contributed by atoms with Gasteiger partial charge in [-0.25, -0.2) is 9.97 Å². The lowest BCUT2D eigenvalue weighted by molar-refractivity contribution is 0.202. The van der Waals surface area contributed by atoms with Gasteiger partial charge in [0.1, 0.15) is 11.8 Å². The number of nitrogens with zero attached hydrogens (tertiary/aromatic N) is 3. The maximum Gasteiger partial charge on any atom is 0.256 e. The molecule has 0 aliphatic carbocycles. The van der Waals surface area contributed by atoms with Gasteiger partial charge in [0.2, 0.25) is 5.69 Å². The van der Waals surface area contributed by atoms with Gasteiger partial charge >= 0.3 is 0 Å². The molecule has 2 aromatic rings. The third-order valence-corrected chi connectivity index (χ3v) is 2.50. The molecule has 0 saturated heterocycles. The zero-order valence-corrected chi connectivity index (χ0v) is 10.5. The minimum absolute atomic E-state index is 0.172. The summed E-state index contributed by atoms with van der Waals surface area (Å²) in [5, 5.41) is 8.89. The van der Waals surface area contributed by atoms with Crippen molar-refractivity contribution in [1.29, 1.82) is 5.26 Å². The normalized spacial score (nSPS) is 9.89. The van der Waals surface area contributed by atoms with Crippen molar-refractivity contribution < 1.29 is 9.47 Å². The second kappa shape index (κ2) is 6.47. The van der Waals surface area contributed by atoms with Crippen LogP contribution in [0.25, 0.3) is 0 Å². The number of benzene rings is 1. The maximum absolute atomic E-state index is 8.89. The van der Waals surface area contributed by atoms with Crippen molar-refractivity contribution >= 4 is 0 Å². The summed E-state index contributed by atoms with van der Waals surface area (Å²) >= 11 is 0. The van der Waals surface area contributed by atoms with Crippen LogP contribution in [0.1, 0.15) is 11.3 Å². The molecule has 5 heteroatoms. The first kappa shape index (κ1) is 13.0. The van der Waals surface area contributed by atoms with Crippen molar-refractivity contribution in [2.24, 2.45) is 0 Å². The molecule has 0 aliphatic rings. The molecule has 0 atom stereocenters. The van der Waals surface area contributed by atoms with E-state index >= 15 is 0 Å². The third kappa shape index (κ3) is 3.50. The molecule has 0 aliphatic heterocycles. The summed E-state index contributed by atoms with van der Waals surface area (Å²) in [5.74, 6) is 0.841. The van der Waals surface area contributed by atoms with Crippen LogP contribution in [-0.2, 0) is 11.2 Å². The predicted molar refractivity (Wildman–Crippen MR) is 68.8 cm³/mol. The quantitative estimate of drug-likeness (QED) is 0.820. The van der Waals surface area contributed by atoms with Crippen molar-refractivity contribution in [3.05, 3.63) is 47.9 Å². The molecule has 0 spiro atoms. The van der Waals surface area contributed by atoms with E-state index in [4.69, 9.17) is 14.7 Å². The molecule has 2 rings (SSSR count). The third-order valence-electron chi connectivity index (χ3n) is 2.50. The number of ether oxygens (including phenoxy) is 2. The Morgan fingerprint density at radius 3 is 2.58 bits per heavy atom. The molecule has 0 fully saturated rings. The summed E-state index contributed by atoms with van der Waals surface area (Å²) in [6.45, 7) is 0.683. The van der Waals surface area contributed by atoms with Gasteiger partial charge in [-0.1, -0.05) is 12.1 Å². The SMILES string of the molecule is COCCc1ccc(Oc2nccnc2C#N)cc1. The van der Waals surface area contributed by atoms with Gasteiger partial charge in [0.05, 0.1) is 6.61 Å². The summed E-state index contributed by atoms with van der Waals surface area (Å²) in [7, 11) is 1.68. The van der Waals surface area contributed by atoms with Gasteiger partial charge in [-0.3, -0.25) is 0 Å². The van der Waals surface area contributed by atoms with E-state index in [-0.39, 0.29) is 11.6 Å². The Balaban J connectivity index is 2.09. The molecule has 96 valence electrons. The van der Waals surface area contributed by atoms with Gasteiger partial charge in [0.25, 0.3) is 5.88 Å². The van der Waals surface area contributed by atoms with Gasteiger partial charge < -0.3 is 9.47 Å². The van der Waals surface area contributed by atoms with E-state index in [2.05, 4.69) is 9.97 Å². The first-order chi connectivity index (χ1) is 9.33. The summed E-state index contributed by atoms with van der Waals surface area (Å²) in [6, 6.07) is 9.52. The highest BCUT2D eigenvalue weighted by Crippen LogP contribution is 2.21. The summed E-state index contributed by atoms with van der Waals surface area (Å²) in [6.07, 6.45) is 3.80. The fraction of sp³-hybridized carbons (Fsp3) is 0.214. The predicted octanol–water partition coefficient (Wildman–Crippen LogP) is 2.33. The number of hydrogen-bond acceptors (Lipinski definition) is 5. The molecule has 1 heterocycles. The molecular weight excluding hydrogens is 242 g/mol.